The monoisotopic (exact) mass is 445 g/mol. The molecule has 1 aromatic heterocycles. The summed E-state index contributed by atoms with van der Waals surface area (Å²) in [5.41, 5.74) is -0.288. The van der Waals surface area contributed by atoms with Crippen LogP contribution in [-0.4, -0.2) is 61.9 Å². The zero-order chi connectivity index (χ0) is 22.8. The Bertz CT molecular complexity index is 823. The lowest BCUT2D eigenvalue weighted by molar-refractivity contribution is -0.384. The van der Waals surface area contributed by atoms with Crippen molar-refractivity contribution in [2.75, 3.05) is 44.1 Å². The summed E-state index contributed by atoms with van der Waals surface area (Å²) in [6, 6.07) is 1.17. The maximum Gasteiger partial charge on any atom is 0.391 e. The lowest BCUT2D eigenvalue weighted by Gasteiger charge is -2.36. The van der Waals surface area contributed by atoms with Gasteiger partial charge in [-0.3, -0.25) is 14.9 Å². The second-order valence-electron chi connectivity index (χ2n) is 8.01. The molecule has 0 spiro atoms. The van der Waals surface area contributed by atoms with Crippen molar-refractivity contribution in [3.05, 3.63) is 21.7 Å². The zero-order valence-corrected chi connectivity index (χ0v) is 17.4. The van der Waals surface area contributed by atoms with Crippen molar-refractivity contribution in [3.8, 4) is 0 Å². The van der Waals surface area contributed by atoms with Crippen LogP contribution in [0, 0.1) is 22.0 Å². The van der Waals surface area contributed by atoms with Crippen LogP contribution in [0.4, 0.5) is 30.5 Å². The van der Waals surface area contributed by atoms with Gasteiger partial charge in [0.2, 0.25) is 5.82 Å². The molecule has 31 heavy (non-hydrogen) atoms. The molecule has 0 radical (unpaired) electrons. The number of ether oxygens (including phenoxy) is 1. The molecule has 1 saturated heterocycles. The van der Waals surface area contributed by atoms with Crippen LogP contribution in [0.1, 0.15) is 36.0 Å². The third-order valence-electron chi connectivity index (χ3n) is 6.02. The molecule has 2 fully saturated rings. The van der Waals surface area contributed by atoms with Gasteiger partial charge in [-0.15, -0.1) is 0 Å². The quantitative estimate of drug-likeness (QED) is 0.491. The van der Waals surface area contributed by atoms with Crippen molar-refractivity contribution in [1.29, 1.82) is 0 Å². The zero-order valence-electron chi connectivity index (χ0n) is 17.4. The van der Waals surface area contributed by atoms with Crippen LogP contribution in [-0.2, 0) is 4.74 Å². The average molecular weight is 445 g/mol. The summed E-state index contributed by atoms with van der Waals surface area (Å²) in [7, 11) is 3.23. The van der Waals surface area contributed by atoms with Gasteiger partial charge in [0.05, 0.1) is 35.7 Å². The molecular formula is C19H26F3N5O4. The summed E-state index contributed by atoms with van der Waals surface area (Å²) in [5, 5.41) is 16.8. The number of nitro groups is 1. The van der Waals surface area contributed by atoms with E-state index >= 15 is 0 Å². The molecule has 9 nitrogen and oxygen atoms in total. The number of nitrogens with zero attached hydrogens (tertiary/aromatic N) is 3. The van der Waals surface area contributed by atoms with Gasteiger partial charge in [0.15, 0.2) is 0 Å². The number of carbonyl (C=O) groups is 1. The Morgan fingerprint density at radius 3 is 2.45 bits per heavy atom. The van der Waals surface area contributed by atoms with E-state index in [-0.39, 0.29) is 54.2 Å². The summed E-state index contributed by atoms with van der Waals surface area (Å²) in [6.45, 7) is 1.11. The molecule has 0 atom stereocenters. The van der Waals surface area contributed by atoms with Crippen molar-refractivity contribution in [1.82, 2.24) is 10.3 Å². The summed E-state index contributed by atoms with van der Waals surface area (Å²) < 4.78 is 43.7. The van der Waals surface area contributed by atoms with Gasteiger partial charge in [-0.1, -0.05) is 0 Å². The van der Waals surface area contributed by atoms with Crippen molar-refractivity contribution in [3.63, 3.8) is 0 Å². The highest BCUT2D eigenvalue weighted by Crippen LogP contribution is 2.39. The number of hydrogen-bond donors (Lipinski definition) is 2. The number of anilines is 2. The summed E-state index contributed by atoms with van der Waals surface area (Å²) in [6.07, 6.45) is -3.35. The van der Waals surface area contributed by atoms with Crippen molar-refractivity contribution in [2.45, 2.75) is 37.9 Å². The molecule has 172 valence electrons. The van der Waals surface area contributed by atoms with Crippen molar-refractivity contribution < 1.29 is 27.6 Å². The van der Waals surface area contributed by atoms with Crippen LogP contribution in [0.3, 0.4) is 0 Å². The number of pyridine rings is 1. The Kier molecular flexibility index (Phi) is 6.87. The molecule has 0 aromatic carbocycles. The highest BCUT2D eigenvalue weighted by molar-refractivity contribution is 6.00. The van der Waals surface area contributed by atoms with Gasteiger partial charge in [-0.25, -0.2) is 4.98 Å². The van der Waals surface area contributed by atoms with Crippen LogP contribution in [0.2, 0.25) is 0 Å². The van der Waals surface area contributed by atoms with Crippen molar-refractivity contribution >= 4 is 23.2 Å². The predicted octanol–water partition coefficient (Wildman–Crippen LogP) is 2.97. The molecule has 3 rings (SSSR count). The normalized spacial score (nSPS) is 21.8. The van der Waals surface area contributed by atoms with Gasteiger partial charge in [0.1, 0.15) is 5.82 Å². The number of nitrogens with one attached hydrogen (secondary N) is 2. The van der Waals surface area contributed by atoms with E-state index in [1.54, 1.807) is 11.9 Å². The second kappa shape index (κ2) is 9.25. The molecule has 2 aliphatic rings. The van der Waals surface area contributed by atoms with Gasteiger partial charge in [0.25, 0.3) is 5.91 Å². The summed E-state index contributed by atoms with van der Waals surface area (Å²) in [4.78, 5) is 29.8. The molecule has 0 unspecified atom stereocenters. The van der Waals surface area contributed by atoms with E-state index < -0.39 is 22.9 Å². The van der Waals surface area contributed by atoms with Crippen LogP contribution in [0.25, 0.3) is 0 Å². The lowest BCUT2D eigenvalue weighted by Crippen LogP contribution is -2.48. The standard InChI is InChI=1S/C19H26F3N5O4/c1-23-16-15(27(29)30)7-14(17(25-16)26(2)13-9-31-10-13)18(28)24-8-11-3-5-12(6-4-11)19(20,21)22/h7,11-13H,3-6,8-10H2,1-2H3,(H,23,25)(H,24,28). The Balaban J connectivity index is 1.74. The molecule has 1 aliphatic heterocycles. The van der Waals surface area contributed by atoms with Gasteiger partial charge >= 0.3 is 11.9 Å². The number of amides is 1. The fraction of sp³-hybridized carbons (Fsp3) is 0.684. The molecule has 12 heteroatoms. The number of rotatable bonds is 7. The smallest absolute Gasteiger partial charge is 0.377 e. The second-order valence-corrected chi connectivity index (χ2v) is 8.01. The van der Waals surface area contributed by atoms with E-state index in [2.05, 4.69) is 15.6 Å². The SMILES string of the molecule is CNc1nc(N(C)C2COC2)c(C(=O)NCC2CCC(C(F)(F)F)CC2)cc1[N+](=O)[O-]. The molecule has 2 N–H and O–H groups in total. The number of halogens is 3. The van der Waals surface area contributed by atoms with Crippen LogP contribution < -0.4 is 15.5 Å². The number of alkyl halides is 3. The Hall–Kier alpha value is -2.63. The first-order chi connectivity index (χ1) is 14.6. The predicted molar refractivity (Wildman–Crippen MR) is 107 cm³/mol. The van der Waals surface area contributed by atoms with E-state index in [9.17, 15) is 28.1 Å². The number of aromatic nitrogens is 1. The van der Waals surface area contributed by atoms with Gasteiger partial charge in [-0.2, -0.15) is 13.2 Å². The topological polar surface area (TPSA) is 110 Å². The summed E-state index contributed by atoms with van der Waals surface area (Å²) in [5.74, 6) is -1.58. The number of hydrogen-bond acceptors (Lipinski definition) is 7. The van der Waals surface area contributed by atoms with Gasteiger partial charge < -0.3 is 20.3 Å². The third-order valence-corrected chi connectivity index (χ3v) is 6.02. The van der Waals surface area contributed by atoms with E-state index in [1.807, 2.05) is 0 Å². The third kappa shape index (κ3) is 5.17. The Labute approximate surface area is 177 Å². The van der Waals surface area contributed by atoms with Crippen LogP contribution >= 0.6 is 0 Å². The van der Waals surface area contributed by atoms with Gasteiger partial charge in [0, 0.05) is 26.7 Å². The molecule has 0 bridgehead atoms. The average Bonchev–Trinajstić information content (AvgIpc) is 2.69. The van der Waals surface area contributed by atoms with E-state index in [1.165, 1.54) is 13.1 Å². The van der Waals surface area contributed by atoms with E-state index in [0.29, 0.717) is 26.1 Å². The first-order valence-corrected chi connectivity index (χ1v) is 10.1. The van der Waals surface area contributed by atoms with E-state index in [4.69, 9.17) is 4.74 Å². The fourth-order valence-electron chi connectivity index (χ4n) is 3.90. The number of likely N-dealkylation sites (N-methyl/N-ethyl adjacent to an activating group) is 1. The van der Waals surface area contributed by atoms with Crippen LogP contribution in [0.15, 0.2) is 6.07 Å². The minimum Gasteiger partial charge on any atom is -0.377 e. The lowest BCUT2D eigenvalue weighted by atomic mass is 9.81. The molecule has 2 heterocycles. The molecule has 1 aliphatic carbocycles. The first-order valence-electron chi connectivity index (χ1n) is 10.1. The van der Waals surface area contributed by atoms with Crippen LogP contribution in [0.5, 0.6) is 0 Å². The van der Waals surface area contributed by atoms with E-state index in [0.717, 1.165) is 0 Å². The molecular weight excluding hydrogens is 419 g/mol. The highest BCUT2D eigenvalue weighted by Gasteiger charge is 2.41. The fourth-order valence-corrected chi connectivity index (χ4v) is 3.90. The minimum atomic E-state index is -4.18. The first kappa shape index (κ1) is 23.0. The maximum atomic E-state index is 12.9. The molecule has 1 aromatic rings. The number of carbonyl (C=O) groups excluding carboxylic acids is 1. The van der Waals surface area contributed by atoms with Crippen molar-refractivity contribution in [2.24, 2.45) is 11.8 Å². The Morgan fingerprint density at radius 1 is 1.32 bits per heavy atom. The maximum absolute atomic E-state index is 12.9. The largest absolute Gasteiger partial charge is 0.391 e. The molecule has 1 saturated carbocycles. The molecule has 1 amide bonds. The Morgan fingerprint density at radius 2 is 1.97 bits per heavy atom. The highest BCUT2D eigenvalue weighted by atomic mass is 19.4. The van der Waals surface area contributed by atoms with Gasteiger partial charge in [-0.05, 0) is 31.6 Å². The summed E-state index contributed by atoms with van der Waals surface area (Å²) >= 11 is 0. The minimum absolute atomic E-state index is 0.0112.